The summed E-state index contributed by atoms with van der Waals surface area (Å²) in [6.45, 7) is 10.4. The van der Waals surface area contributed by atoms with Crippen LogP contribution in [-0.2, 0) is 9.84 Å². The quantitative estimate of drug-likeness (QED) is 0.731. The van der Waals surface area contributed by atoms with Gasteiger partial charge in [-0.2, -0.15) is 0 Å². The Bertz CT molecular complexity index is 361. The summed E-state index contributed by atoms with van der Waals surface area (Å²) >= 11 is 0. The molecule has 0 bridgehead atoms. The Morgan fingerprint density at radius 3 is 2.40 bits per heavy atom. The Labute approximate surface area is 125 Å². The summed E-state index contributed by atoms with van der Waals surface area (Å²) in [6, 6.07) is 0. The third-order valence-electron chi connectivity index (χ3n) is 3.70. The Morgan fingerprint density at radius 2 is 1.70 bits per heavy atom. The van der Waals surface area contributed by atoms with Crippen molar-refractivity contribution < 1.29 is 8.42 Å². The van der Waals surface area contributed by atoms with E-state index >= 15 is 0 Å². The molecule has 0 aromatic rings. The van der Waals surface area contributed by atoms with Crippen LogP contribution in [0.4, 0.5) is 0 Å². The van der Waals surface area contributed by atoms with Gasteiger partial charge in [-0.15, -0.1) is 0 Å². The second-order valence-electron chi connectivity index (χ2n) is 6.94. The number of hydrogen-bond acceptors (Lipinski definition) is 4. The first-order valence-corrected chi connectivity index (χ1v) is 9.78. The number of rotatable bonds is 7. The molecule has 0 radical (unpaired) electrons. The topological polar surface area (TPSA) is 49.4 Å². The van der Waals surface area contributed by atoms with Gasteiger partial charge in [-0.1, -0.05) is 12.8 Å². The predicted molar refractivity (Wildman–Crippen MR) is 85.9 cm³/mol. The Kier molecular flexibility index (Phi) is 7.48. The van der Waals surface area contributed by atoms with E-state index in [2.05, 4.69) is 31.0 Å². The molecule has 1 aliphatic heterocycles. The fourth-order valence-electron chi connectivity index (χ4n) is 2.49. The molecular weight excluding hydrogens is 272 g/mol. The lowest BCUT2D eigenvalue weighted by molar-refractivity contribution is 0.287. The highest BCUT2D eigenvalue weighted by Gasteiger charge is 2.18. The third-order valence-corrected chi connectivity index (χ3v) is 5.42. The Balaban J connectivity index is 2.01. The van der Waals surface area contributed by atoms with Crippen molar-refractivity contribution in [2.24, 2.45) is 0 Å². The lowest BCUT2D eigenvalue weighted by atomic mass is 10.1. The molecule has 0 atom stereocenters. The zero-order chi connectivity index (χ0) is 15.1. The minimum absolute atomic E-state index is 0.220. The molecular formula is C15H32N2O2S. The molecule has 1 N–H and O–H groups in total. The van der Waals surface area contributed by atoms with Crippen molar-refractivity contribution in [2.45, 2.75) is 58.4 Å². The fourth-order valence-corrected chi connectivity index (χ4v) is 3.80. The molecule has 0 aliphatic carbocycles. The zero-order valence-corrected chi connectivity index (χ0v) is 14.3. The molecule has 1 fully saturated rings. The summed E-state index contributed by atoms with van der Waals surface area (Å²) in [5, 5.41) is 3.50. The minimum Gasteiger partial charge on any atom is -0.312 e. The lowest BCUT2D eigenvalue weighted by Crippen LogP contribution is -2.36. The molecule has 4 nitrogen and oxygen atoms in total. The van der Waals surface area contributed by atoms with E-state index in [9.17, 15) is 8.42 Å². The maximum absolute atomic E-state index is 11.5. The fraction of sp³-hybridized carbons (Fsp3) is 1.00. The van der Waals surface area contributed by atoms with E-state index in [0.717, 1.165) is 32.6 Å². The maximum Gasteiger partial charge on any atom is 0.151 e. The highest BCUT2D eigenvalue weighted by molar-refractivity contribution is 7.91. The number of hydrogen-bond donors (Lipinski definition) is 1. The van der Waals surface area contributed by atoms with Gasteiger partial charge in [0.25, 0.3) is 0 Å². The summed E-state index contributed by atoms with van der Waals surface area (Å²) < 4.78 is 23.0. The lowest BCUT2D eigenvalue weighted by Gasteiger charge is -2.21. The number of unbranched alkanes of at least 4 members (excludes halogenated alkanes) is 3. The van der Waals surface area contributed by atoms with Gasteiger partial charge in [0.15, 0.2) is 9.84 Å². The maximum atomic E-state index is 11.5. The highest BCUT2D eigenvalue weighted by Crippen LogP contribution is 2.08. The Morgan fingerprint density at radius 1 is 1.00 bits per heavy atom. The van der Waals surface area contributed by atoms with Gasteiger partial charge >= 0.3 is 0 Å². The van der Waals surface area contributed by atoms with Crippen LogP contribution in [0, 0.1) is 0 Å². The van der Waals surface area contributed by atoms with Crippen LogP contribution in [0.1, 0.15) is 52.9 Å². The van der Waals surface area contributed by atoms with E-state index in [1.54, 1.807) is 0 Å². The minimum atomic E-state index is -2.76. The van der Waals surface area contributed by atoms with Crippen LogP contribution in [0.15, 0.2) is 0 Å². The monoisotopic (exact) mass is 304 g/mol. The number of sulfone groups is 1. The van der Waals surface area contributed by atoms with Crippen LogP contribution in [-0.4, -0.2) is 56.5 Å². The van der Waals surface area contributed by atoms with Crippen molar-refractivity contribution in [3.8, 4) is 0 Å². The van der Waals surface area contributed by atoms with E-state index in [1.807, 2.05) is 0 Å². The average Bonchev–Trinajstić information content (AvgIpc) is 2.48. The SMILES string of the molecule is CC(C)(C)NCCCCCCN1CCCS(=O)(=O)CC1. The first kappa shape index (κ1) is 17.9. The van der Waals surface area contributed by atoms with Crippen LogP contribution in [0.3, 0.4) is 0 Å². The van der Waals surface area contributed by atoms with E-state index < -0.39 is 9.84 Å². The average molecular weight is 305 g/mol. The highest BCUT2D eigenvalue weighted by atomic mass is 32.2. The van der Waals surface area contributed by atoms with Gasteiger partial charge in [-0.05, 0) is 59.7 Å². The number of nitrogens with zero attached hydrogens (tertiary/aromatic N) is 1. The summed E-state index contributed by atoms with van der Waals surface area (Å²) in [7, 11) is -2.76. The van der Waals surface area contributed by atoms with Crippen molar-refractivity contribution in [1.82, 2.24) is 10.2 Å². The summed E-state index contributed by atoms with van der Waals surface area (Å²) in [4.78, 5) is 2.32. The molecule has 1 rings (SSSR count). The van der Waals surface area contributed by atoms with E-state index in [0.29, 0.717) is 11.5 Å². The summed E-state index contributed by atoms with van der Waals surface area (Å²) in [6.07, 6.45) is 5.73. The van der Waals surface area contributed by atoms with Crippen molar-refractivity contribution >= 4 is 9.84 Å². The second kappa shape index (κ2) is 8.35. The van der Waals surface area contributed by atoms with Gasteiger partial charge in [0, 0.05) is 12.1 Å². The largest absolute Gasteiger partial charge is 0.312 e. The molecule has 0 aromatic heterocycles. The normalized spacial score (nSPS) is 20.8. The second-order valence-corrected chi connectivity index (χ2v) is 9.24. The standard InChI is InChI=1S/C15H32N2O2S/c1-15(2,3)16-9-6-4-5-7-10-17-11-8-13-20(18,19)14-12-17/h16H,4-14H2,1-3H3. The first-order valence-electron chi connectivity index (χ1n) is 7.96. The molecule has 1 saturated heterocycles. The van der Waals surface area contributed by atoms with Crippen molar-refractivity contribution in [3.63, 3.8) is 0 Å². The van der Waals surface area contributed by atoms with Crippen molar-refractivity contribution in [1.29, 1.82) is 0 Å². The molecule has 5 heteroatoms. The smallest absolute Gasteiger partial charge is 0.151 e. The first-order chi connectivity index (χ1) is 9.29. The van der Waals surface area contributed by atoms with Crippen molar-refractivity contribution in [2.75, 3.05) is 37.7 Å². The Hall–Kier alpha value is -0.130. The van der Waals surface area contributed by atoms with Crippen LogP contribution in [0.2, 0.25) is 0 Å². The zero-order valence-electron chi connectivity index (χ0n) is 13.5. The molecule has 20 heavy (non-hydrogen) atoms. The molecule has 0 saturated carbocycles. The summed E-state index contributed by atoms with van der Waals surface area (Å²) in [5.74, 6) is 0.727. The molecule has 0 spiro atoms. The van der Waals surface area contributed by atoms with Crippen LogP contribution in [0.25, 0.3) is 0 Å². The van der Waals surface area contributed by atoms with E-state index in [1.165, 1.54) is 25.7 Å². The molecule has 1 aliphatic rings. The molecule has 120 valence electrons. The van der Waals surface area contributed by atoms with Crippen LogP contribution in [0.5, 0.6) is 0 Å². The third kappa shape index (κ3) is 8.93. The molecule has 0 amide bonds. The van der Waals surface area contributed by atoms with Gasteiger partial charge < -0.3 is 10.2 Å². The van der Waals surface area contributed by atoms with E-state index in [4.69, 9.17) is 0 Å². The predicted octanol–water partition coefficient (Wildman–Crippen LogP) is 2.06. The van der Waals surface area contributed by atoms with Gasteiger partial charge in [0.05, 0.1) is 11.5 Å². The van der Waals surface area contributed by atoms with Gasteiger partial charge in [-0.25, -0.2) is 8.42 Å². The van der Waals surface area contributed by atoms with Gasteiger partial charge in [0.1, 0.15) is 0 Å². The van der Waals surface area contributed by atoms with Crippen LogP contribution < -0.4 is 5.32 Å². The molecule has 0 aromatic carbocycles. The van der Waals surface area contributed by atoms with E-state index in [-0.39, 0.29) is 5.54 Å². The van der Waals surface area contributed by atoms with Crippen molar-refractivity contribution in [3.05, 3.63) is 0 Å². The van der Waals surface area contributed by atoms with Crippen LogP contribution >= 0.6 is 0 Å². The van der Waals surface area contributed by atoms with Gasteiger partial charge in [0.2, 0.25) is 0 Å². The summed E-state index contributed by atoms with van der Waals surface area (Å²) in [5.41, 5.74) is 0.220. The molecule has 1 heterocycles. The van der Waals surface area contributed by atoms with Gasteiger partial charge in [-0.3, -0.25) is 0 Å². The molecule has 0 unspecified atom stereocenters. The number of nitrogens with one attached hydrogen (secondary N) is 1.